The van der Waals surface area contributed by atoms with Gasteiger partial charge in [0, 0.05) is 36.2 Å². The Morgan fingerprint density at radius 1 is 1.35 bits per heavy atom. The monoisotopic (exact) mass is 399 g/mol. The first-order chi connectivity index (χ1) is 12.4. The molecule has 0 unspecified atom stereocenters. The summed E-state index contributed by atoms with van der Waals surface area (Å²) < 4.78 is 5.17. The van der Waals surface area contributed by atoms with Gasteiger partial charge in [-0.1, -0.05) is 23.2 Å². The molecule has 0 aliphatic heterocycles. The van der Waals surface area contributed by atoms with Crippen LogP contribution in [0.25, 0.3) is 0 Å². The average molecular weight is 400 g/mol. The van der Waals surface area contributed by atoms with Crippen molar-refractivity contribution < 1.29 is 19.4 Å². The van der Waals surface area contributed by atoms with E-state index in [1.807, 2.05) is 13.0 Å². The van der Waals surface area contributed by atoms with Crippen molar-refractivity contribution in [3.63, 3.8) is 0 Å². The number of carbonyl (C=O) groups excluding carboxylic acids is 1. The normalized spacial score (nSPS) is 9.54. The van der Waals surface area contributed by atoms with Gasteiger partial charge in [-0.15, -0.1) is 0 Å². The molecule has 1 heterocycles. The number of halogens is 2. The smallest absolute Gasteiger partial charge is 0.290 e. The number of amides is 1. The van der Waals surface area contributed by atoms with Crippen molar-refractivity contribution in [3.8, 4) is 5.75 Å². The summed E-state index contributed by atoms with van der Waals surface area (Å²) in [6, 6.07) is 4.95. The molecule has 0 aliphatic carbocycles. The Hall–Kier alpha value is -2.51. The molecule has 0 aliphatic rings. The van der Waals surface area contributed by atoms with Crippen LogP contribution in [0.15, 0.2) is 30.6 Å². The number of aromatic nitrogens is 1. The summed E-state index contributed by atoms with van der Waals surface area (Å²) in [4.78, 5) is 24.7. The summed E-state index contributed by atoms with van der Waals surface area (Å²) in [5, 5.41) is 13.6. The van der Waals surface area contributed by atoms with E-state index >= 15 is 0 Å². The van der Waals surface area contributed by atoms with Crippen LogP contribution in [0, 0.1) is 6.92 Å². The molecule has 0 fully saturated rings. The number of benzene rings is 1. The van der Waals surface area contributed by atoms with Crippen LogP contribution in [0.4, 0.5) is 5.69 Å². The summed E-state index contributed by atoms with van der Waals surface area (Å²) in [6.07, 6.45) is 3.49. The molecular weight excluding hydrogens is 381 g/mol. The quantitative estimate of drug-likeness (QED) is 0.509. The number of carboxylic acid groups (broad SMARTS) is 1. The molecule has 3 N–H and O–H groups in total. The van der Waals surface area contributed by atoms with Gasteiger partial charge in [-0.25, -0.2) is 0 Å². The molecule has 0 atom stereocenters. The van der Waals surface area contributed by atoms with E-state index in [-0.39, 0.29) is 12.4 Å². The van der Waals surface area contributed by atoms with E-state index in [9.17, 15) is 4.79 Å². The van der Waals surface area contributed by atoms with Crippen molar-refractivity contribution in [2.75, 3.05) is 25.5 Å². The molecule has 2 aromatic rings. The molecule has 0 radical (unpaired) electrons. The second kappa shape index (κ2) is 11.2. The third-order valence-corrected chi connectivity index (χ3v) is 3.70. The van der Waals surface area contributed by atoms with E-state index in [2.05, 4.69) is 15.6 Å². The van der Waals surface area contributed by atoms with Crippen LogP contribution in [0.2, 0.25) is 10.0 Å². The number of carbonyl (C=O) groups is 2. The summed E-state index contributed by atoms with van der Waals surface area (Å²) in [6.45, 7) is 2.73. The molecule has 26 heavy (non-hydrogen) atoms. The summed E-state index contributed by atoms with van der Waals surface area (Å²) in [5.41, 5.74) is 2.34. The Morgan fingerprint density at radius 3 is 2.65 bits per heavy atom. The Morgan fingerprint density at radius 2 is 2.04 bits per heavy atom. The Balaban J connectivity index is 0.00000105. The second-order valence-corrected chi connectivity index (χ2v) is 5.79. The predicted octanol–water partition coefficient (Wildman–Crippen LogP) is 3.25. The maximum Gasteiger partial charge on any atom is 0.290 e. The van der Waals surface area contributed by atoms with Gasteiger partial charge in [-0.05, 0) is 30.7 Å². The summed E-state index contributed by atoms with van der Waals surface area (Å²) >= 11 is 12.0. The molecule has 1 aromatic heterocycles. The molecule has 0 saturated heterocycles. The SMILES string of the molecule is COc1c(Cl)cc(Cl)cc1C(=O)NCCNc1ccncc1C.O=CO. The van der Waals surface area contributed by atoms with Gasteiger partial charge in [0.15, 0.2) is 0 Å². The van der Waals surface area contributed by atoms with Gasteiger partial charge in [-0.2, -0.15) is 0 Å². The van der Waals surface area contributed by atoms with Gasteiger partial charge in [0.05, 0.1) is 17.7 Å². The molecule has 7 nitrogen and oxygen atoms in total. The first kappa shape index (κ1) is 21.5. The van der Waals surface area contributed by atoms with Crippen molar-refractivity contribution in [2.24, 2.45) is 0 Å². The van der Waals surface area contributed by atoms with E-state index < -0.39 is 0 Å². The fraction of sp³-hybridized carbons (Fsp3) is 0.235. The lowest BCUT2D eigenvalue weighted by Crippen LogP contribution is -2.29. The van der Waals surface area contributed by atoms with Gasteiger partial charge in [0.2, 0.25) is 0 Å². The number of methoxy groups -OCH3 is 1. The molecular formula is C17H19Cl2N3O4. The number of rotatable bonds is 6. The van der Waals surface area contributed by atoms with Crippen LogP contribution in [0.1, 0.15) is 15.9 Å². The van der Waals surface area contributed by atoms with Crippen molar-refractivity contribution in [2.45, 2.75) is 6.92 Å². The van der Waals surface area contributed by atoms with Crippen LogP contribution in [0.3, 0.4) is 0 Å². The van der Waals surface area contributed by atoms with Gasteiger partial charge in [0.1, 0.15) is 5.75 Å². The highest BCUT2D eigenvalue weighted by atomic mass is 35.5. The maximum absolute atomic E-state index is 12.3. The minimum atomic E-state index is -0.292. The van der Waals surface area contributed by atoms with Crippen LogP contribution in [-0.2, 0) is 4.79 Å². The van der Waals surface area contributed by atoms with Gasteiger partial charge < -0.3 is 20.5 Å². The lowest BCUT2D eigenvalue weighted by Gasteiger charge is -2.12. The molecule has 0 saturated carbocycles. The molecule has 140 valence electrons. The molecule has 1 amide bonds. The molecule has 9 heteroatoms. The number of nitrogens with one attached hydrogen (secondary N) is 2. The number of hydrogen-bond acceptors (Lipinski definition) is 5. The number of anilines is 1. The lowest BCUT2D eigenvalue weighted by atomic mass is 10.2. The lowest BCUT2D eigenvalue weighted by molar-refractivity contribution is -0.122. The number of nitrogens with zero attached hydrogens (tertiary/aromatic N) is 1. The fourth-order valence-electron chi connectivity index (χ4n) is 2.08. The van der Waals surface area contributed by atoms with Crippen molar-refractivity contribution in [3.05, 3.63) is 51.8 Å². The highest BCUT2D eigenvalue weighted by Gasteiger charge is 2.16. The Bertz CT molecular complexity index is 757. The third kappa shape index (κ3) is 6.42. The number of hydrogen-bond donors (Lipinski definition) is 3. The van der Waals surface area contributed by atoms with Gasteiger partial charge in [-0.3, -0.25) is 14.6 Å². The highest BCUT2D eigenvalue weighted by Crippen LogP contribution is 2.32. The number of aryl methyl sites for hydroxylation is 1. The molecule has 1 aromatic carbocycles. The second-order valence-electron chi connectivity index (χ2n) is 4.95. The predicted molar refractivity (Wildman–Crippen MR) is 102 cm³/mol. The minimum absolute atomic E-state index is 0.250. The topological polar surface area (TPSA) is 101 Å². The van der Waals surface area contributed by atoms with Crippen LogP contribution >= 0.6 is 23.2 Å². The zero-order valence-electron chi connectivity index (χ0n) is 14.3. The largest absolute Gasteiger partial charge is 0.494 e. The van der Waals surface area contributed by atoms with Crippen molar-refractivity contribution in [1.29, 1.82) is 0 Å². The van der Waals surface area contributed by atoms with E-state index in [0.717, 1.165) is 11.3 Å². The number of pyridine rings is 1. The molecule has 0 spiro atoms. The van der Waals surface area contributed by atoms with Gasteiger partial charge >= 0.3 is 0 Å². The van der Waals surface area contributed by atoms with Crippen molar-refractivity contribution in [1.82, 2.24) is 10.3 Å². The average Bonchev–Trinajstić information content (AvgIpc) is 2.60. The zero-order chi connectivity index (χ0) is 19.5. The molecule has 0 bridgehead atoms. The third-order valence-electron chi connectivity index (χ3n) is 3.20. The van der Waals surface area contributed by atoms with Crippen LogP contribution in [0.5, 0.6) is 5.75 Å². The van der Waals surface area contributed by atoms with E-state index in [4.69, 9.17) is 37.8 Å². The van der Waals surface area contributed by atoms with Crippen LogP contribution < -0.4 is 15.4 Å². The maximum atomic E-state index is 12.3. The Labute approximate surface area is 161 Å². The standard InChI is InChI=1S/C16H17Cl2N3O2.CH2O2/c1-10-9-19-4-3-14(10)20-5-6-21-16(22)12-7-11(17)8-13(18)15(12)23-2;2-1-3/h3-4,7-9H,5-6H2,1-2H3,(H,19,20)(H,21,22);1H,(H,2,3). The number of ether oxygens (including phenoxy) is 1. The summed E-state index contributed by atoms with van der Waals surface area (Å²) in [5.74, 6) is 0.0194. The van der Waals surface area contributed by atoms with E-state index in [1.165, 1.54) is 19.2 Å². The first-order valence-electron chi connectivity index (χ1n) is 7.48. The van der Waals surface area contributed by atoms with Crippen LogP contribution in [-0.4, -0.2) is 42.7 Å². The first-order valence-corrected chi connectivity index (χ1v) is 8.23. The minimum Gasteiger partial charge on any atom is -0.494 e. The fourth-order valence-corrected chi connectivity index (χ4v) is 2.65. The zero-order valence-corrected chi connectivity index (χ0v) is 15.8. The van der Waals surface area contributed by atoms with Crippen molar-refractivity contribution >= 4 is 41.3 Å². The highest BCUT2D eigenvalue weighted by molar-refractivity contribution is 6.36. The molecule has 2 rings (SSSR count). The van der Waals surface area contributed by atoms with E-state index in [1.54, 1.807) is 12.4 Å². The van der Waals surface area contributed by atoms with E-state index in [0.29, 0.717) is 34.4 Å². The Kier molecular flexibility index (Phi) is 9.25. The van der Waals surface area contributed by atoms with Gasteiger partial charge in [0.25, 0.3) is 12.4 Å². The summed E-state index contributed by atoms with van der Waals surface area (Å²) in [7, 11) is 1.46.